The quantitative estimate of drug-likeness (QED) is 0.333. The minimum absolute atomic E-state index is 0.0542. The first-order chi connectivity index (χ1) is 18.1. The van der Waals surface area contributed by atoms with E-state index < -0.39 is 42.9 Å². The maximum absolute atomic E-state index is 13.8. The highest BCUT2D eigenvalue weighted by Crippen LogP contribution is 2.33. The Morgan fingerprint density at radius 2 is 1.30 bits per heavy atom. The van der Waals surface area contributed by atoms with Crippen molar-refractivity contribution in [2.75, 3.05) is 5.32 Å². The lowest BCUT2D eigenvalue weighted by molar-refractivity contribution is -0.138. The van der Waals surface area contributed by atoms with E-state index in [0.717, 1.165) is 0 Å². The minimum Gasteiger partial charge on any atom is -0.324 e. The SMILES string of the molecule is CC(C)(C)NS(=O)(=O)c1cccc(Cc2nc(Nc3cccc(S(=O)(=O)NC(C)(C)C)c3)ncc2C(F)(F)F)c1. The predicted octanol–water partition coefficient (Wildman–Crippen LogP) is 4.98. The molecule has 218 valence electrons. The van der Waals surface area contributed by atoms with Crippen molar-refractivity contribution in [3.05, 3.63) is 71.5 Å². The number of alkyl halides is 3. The van der Waals surface area contributed by atoms with Crippen LogP contribution in [0.15, 0.2) is 64.5 Å². The second-order valence-corrected chi connectivity index (χ2v) is 14.6. The number of nitrogens with one attached hydrogen (secondary N) is 3. The zero-order chi connectivity index (χ0) is 30.1. The molecule has 14 heteroatoms. The van der Waals surface area contributed by atoms with E-state index in [1.165, 1.54) is 48.5 Å². The van der Waals surface area contributed by atoms with Crippen LogP contribution in [0.2, 0.25) is 0 Å². The zero-order valence-electron chi connectivity index (χ0n) is 22.9. The molecule has 0 aliphatic heterocycles. The zero-order valence-corrected chi connectivity index (χ0v) is 24.5. The number of sulfonamides is 2. The van der Waals surface area contributed by atoms with Gasteiger partial charge in [0, 0.05) is 29.4 Å². The van der Waals surface area contributed by atoms with Crippen molar-refractivity contribution in [1.29, 1.82) is 0 Å². The second-order valence-electron chi connectivity index (χ2n) is 11.2. The number of benzene rings is 2. The van der Waals surface area contributed by atoms with Crippen LogP contribution in [-0.4, -0.2) is 37.9 Å². The minimum atomic E-state index is -4.77. The molecule has 1 heterocycles. The van der Waals surface area contributed by atoms with Crippen LogP contribution in [-0.2, 0) is 32.6 Å². The summed E-state index contributed by atoms with van der Waals surface area (Å²) in [7, 11) is -7.79. The van der Waals surface area contributed by atoms with E-state index in [9.17, 15) is 30.0 Å². The monoisotopic (exact) mass is 599 g/mol. The first-order valence-electron chi connectivity index (χ1n) is 12.1. The number of anilines is 2. The van der Waals surface area contributed by atoms with Crippen molar-refractivity contribution in [2.24, 2.45) is 0 Å². The molecular formula is C26H32F3N5O4S2. The third-order valence-corrected chi connectivity index (χ3v) is 8.55. The highest BCUT2D eigenvalue weighted by atomic mass is 32.2. The summed E-state index contributed by atoms with van der Waals surface area (Å²) >= 11 is 0. The van der Waals surface area contributed by atoms with Gasteiger partial charge in [-0.15, -0.1) is 0 Å². The fourth-order valence-corrected chi connectivity index (χ4v) is 6.61. The highest BCUT2D eigenvalue weighted by molar-refractivity contribution is 7.89. The molecule has 0 unspecified atom stereocenters. The maximum atomic E-state index is 13.8. The molecule has 0 amide bonds. The Labute approximate surface area is 232 Å². The molecule has 3 rings (SSSR count). The molecule has 40 heavy (non-hydrogen) atoms. The molecule has 3 aromatic rings. The van der Waals surface area contributed by atoms with Crippen molar-refractivity contribution in [3.8, 4) is 0 Å². The van der Waals surface area contributed by atoms with Gasteiger partial charge in [0.2, 0.25) is 26.0 Å². The molecule has 1 aromatic heterocycles. The lowest BCUT2D eigenvalue weighted by atomic mass is 10.1. The summed E-state index contributed by atoms with van der Waals surface area (Å²) in [6.45, 7) is 10.1. The summed E-state index contributed by atoms with van der Waals surface area (Å²) in [6, 6.07) is 11.3. The number of hydrogen-bond acceptors (Lipinski definition) is 7. The third-order valence-electron chi connectivity index (χ3n) is 5.03. The smallest absolute Gasteiger partial charge is 0.324 e. The summed E-state index contributed by atoms with van der Waals surface area (Å²) in [5.74, 6) is -0.195. The Balaban J connectivity index is 1.96. The first-order valence-corrected chi connectivity index (χ1v) is 15.1. The van der Waals surface area contributed by atoms with Crippen LogP contribution >= 0.6 is 0 Å². The van der Waals surface area contributed by atoms with Crippen LogP contribution < -0.4 is 14.8 Å². The summed E-state index contributed by atoms with van der Waals surface area (Å²) < 4.78 is 97.3. The number of hydrogen-bond donors (Lipinski definition) is 3. The molecule has 3 N–H and O–H groups in total. The average molecular weight is 600 g/mol. The molecule has 0 aliphatic rings. The fraction of sp³-hybridized carbons (Fsp3) is 0.385. The Bertz CT molecular complexity index is 1600. The number of nitrogens with zero attached hydrogens (tertiary/aromatic N) is 2. The highest BCUT2D eigenvalue weighted by Gasteiger charge is 2.35. The Hall–Kier alpha value is -3.07. The number of rotatable bonds is 8. The standard InChI is InChI=1S/C26H32F3N5O4S2/c1-24(2,3)33-39(35,36)19-11-7-9-17(13-19)14-22-21(26(27,28)29)16-30-23(32-22)31-18-10-8-12-20(15-18)40(37,38)34-25(4,5)6/h7-13,15-16,33-34H,14H2,1-6H3,(H,30,31,32). The van der Waals surface area contributed by atoms with Crippen molar-refractivity contribution < 1.29 is 30.0 Å². The molecule has 0 fully saturated rings. The summed E-state index contributed by atoms with van der Waals surface area (Å²) in [4.78, 5) is 7.69. The van der Waals surface area contributed by atoms with E-state index in [-0.39, 0.29) is 39.1 Å². The van der Waals surface area contributed by atoms with Gasteiger partial charge in [0.05, 0.1) is 21.0 Å². The van der Waals surface area contributed by atoms with E-state index >= 15 is 0 Å². The molecule has 2 aromatic carbocycles. The van der Waals surface area contributed by atoms with Crippen molar-refractivity contribution in [3.63, 3.8) is 0 Å². The molecule has 0 saturated heterocycles. The van der Waals surface area contributed by atoms with E-state index in [2.05, 4.69) is 24.7 Å². The van der Waals surface area contributed by atoms with E-state index in [4.69, 9.17) is 0 Å². The van der Waals surface area contributed by atoms with Crippen LogP contribution in [0.5, 0.6) is 0 Å². The van der Waals surface area contributed by atoms with Crippen LogP contribution in [0.1, 0.15) is 58.4 Å². The van der Waals surface area contributed by atoms with Gasteiger partial charge in [0.15, 0.2) is 0 Å². The lowest BCUT2D eigenvalue weighted by Gasteiger charge is -2.20. The number of halogens is 3. The Kier molecular flexibility index (Phi) is 8.71. The van der Waals surface area contributed by atoms with E-state index in [1.807, 2.05) is 0 Å². The van der Waals surface area contributed by atoms with Crippen molar-refractivity contribution in [2.45, 2.75) is 75.0 Å². The molecule has 9 nitrogen and oxygen atoms in total. The predicted molar refractivity (Wildman–Crippen MR) is 146 cm³/mol. The van der Waals surface area contributed by atoms with Gasteiger partial charge in [-0.25, -0.2) is 36.2 Å². The van der Waals surface area contributed by atoms with Gasteiger partial charge < -0.3 is 5.32 Å². The second kappa shape index (κ2) is 11.1. The maximum Gasteiger partial charge on any atom is 0.419 e. The van der Waals surface area contributed by atoms with Crippen LogP contribution in [0.3, 0.4) is 0 Å². The van der Waals surface area contributed by atoms with Gasteiger partial charge in [-0.05, 0) is 77.4 Å². The number of aromatic nitrogens is 2. The van der Waals surface area contributed by atoms with Crippen molar-refractivity contribution >= 4 is 31.7 Å². The largest absolute Gasteiger partial charge is 0.419 e. The lowest BCUT2D eigenvalue weighted by Crippen LogP contribution is -2.40. The average Bonchev–Trinajstić information content (AvgIpc) is 2.76. The van der Waals surface area contributed by atoms with Gasteiger partial charge in [-0.3, -0.25) is 0 Å². The van der Waals surface area contributed by atoms with Gasteiger partial charge in [0.25, 0.3) is 0 Å². The summed E-state index contributed by atoms with van der Waals surface area (Å²) in [5, 5.41) is 2.76. The van der Waals surface area contributed by atoms with Gasteiger partial charge in [0.1, 0.15) is 0 Å². The van der Waals surface area contributed by atoms with E-state index in [1.54, 1.807) is 41.5 Å². The molecule has 0 atom stereocenters. The molecule has 0 saturated carbocycles. The Morgan fingerprint density at radius 3 is 1.82 bits per heavy atom. The first kappa shape index (κ1) is 31.5. The van der Waals surface area contributed by atoms with Crippen LogP contribution in [0.4, 0.5) is 24.8 Å². The van der Waals surface area contributed by atoms with Crippen molar-refractivity contribution in [1.82, 2.24) is 19.4 Å². The summed E-state index contributed by atoms with van der Waals surface area (Å²) in [5.41, 5.74) is -2.43. The molecule has 0 aliphatic carbocycles. The van der Waals surface area contributed by atoms with Gasteiger partial charge in [-0.2, -0.15) is 13.2 Å². The fourth-order valence-electron chi connectivity index (χ4n) is 3.66. The molecule has 0 spiro atoms. The molecule has 0 bridgehead atoms. The molecular weight excluding hydrogens is 567 g/mol. The molecule has 0 radical (unpaired) electrons. The third kappa shape index (κ3) is 8.71. The normalized spacial score (nSPS) is 13.3. The Morgan fingerprint density at radius 1 is 0.775 bits per heavy atom. The van der Waals surface area contributed by atoms with Crippen LogP contribution in [0, 0.1) is 0 Å². The van der Waals surface area contributed by atoms with Gasteiger partial charge >= 0.3 is 6.18 Å². The van der Waals surface area contributed by atoms with Gasteiger partial charge in [-0.1, -0.05) is 18.2 Å². The topological polar surface area (TPSA) is 130 Å². The summed E-state index contributed by atoms with van der Waals surface area (Å²) in [6.07, 6.45) is -4.47. The van der Waals surface area contributed by atoms with Crippen LogP contribution in [0.25, 0.3) is 0 Å². The van der Waals surface area contributed by atoms with E-state index in [0.29, 0.717) is 6.20 Å².